The fourth-order valence-electron chi connectivity index (χ4n) is 5.56. The van der Waals surface area contributed by atoms with Crippen molar-refractivity contribution in [2.45, 2.75) is 142 Å². The molecule has 0 aromatic heterocycles. The molecular formula is C51H79NO7. The summed E-state index contributed by atoms with van der Waals surface area (Å²) in [7, 11) is 5.36. The van der Waals surface area contributed by atoms with Crippen molar-refractivity contribution in [1.29, 1.82) is 0 Å². The number of quaternary nitrogens is 1. The highest BCUT2D eigenvalue weighted by Crippen LogP contribution is 2.11. The number of carbonyl (C=O) groups excluding carboxylic acids is 3. The van der Waals surface area contributed by atoms with Gasteiger partial charge in [0.2, 0.25) is 0 Å². The van der Waals surface area contributed by atoms with Crippen molar-refractivity contribution in [3.63, 3.8) is 0 Å². The molecule has 330 valence electrons. The largest absolute Gasteiger partial charge is 0.544 e. The van der Waals surface area contributed by atoms with Crippen LogP contribution in [0.25, 0.3) is 0 Å². The molecule has 0 N–H and O–H groups in total. The molecular weight excluding hydrogens is 739 g/mol. The van der Waals surface area contributed by atoms with Gasteiger partial charge in [0.05, 0.1) is 40.3 Å². The van der Waals surface area contributed by atoms with Crippen LogP contribution in [0.5, 0.6) is 0 Å². The van der Waals surface area contributed by atoms with Crippen LogP contribution in [0.15, 0.2) is 122 Å². The van der Waals surface area contributed by atoms with Crippen molar-refractivity contribution in [1.82, 2.24) is 0 Å². The quantitative estimate of drug-likeness (QED) is 0.0202. The van der Waals surface area contributed by atoms with Crippen molar-refractivity contribution in [2.75, 3.05) is 41.0 Å². The van der Waals surface area contributed by atoms with E-state index in [1.165, 1.54) is 0 Å². The molecule has 0 aliphatic carbocycles. The number of nitrogens with zero attached hydrogens (tertiary/aromatic N) is 1. The monoisotopic (exact) mass is 818 g/mol. The van der Waals surface area contributed by atoms with Crippen LogP contribution in [-0.4, -0.2) is 75.5 Å². The van der Waals surface area contributed by atoms with E-state index in [2.05, 4.69) is 105 Å². The number of hydrogen-bond acceptors (Lipinski definition) is 7. The number of unbranched alkanes of at least 4 members (excludes halogenated alkanes) is 6. The molecule has 2 unspecified atom stereocenters. The van der Waals surface area contributed by atoms with Crippen molar-refractivity contribution in [3.8, 4) is 0 Å². The fourth-order valence-corrected chi connectivity index (χ4v) is 5.56. The topological polar surface area (TPSA) is 102 Å². The Labute approximate surface area is 359 Å². The first-order chi connectivity index (χ1) is 28.6. The molecule has 0 aliphatic heterocycles. The highest BCUT2D eigenvalue weighted by Gasteiger charge is 2.25. The second kappa shape index (κ2) is 40.5. The molecule has 0 spiro atoms. The predicted molar refractivity (Wildman–Crippen MR) is 244 cm³/mol. The maximum atomic E-state index is 12.7. The van der Waals surface area contributed by atoms with Gasteiger partial charge in [-0.05, 0) is 77.0 Å². The van der Waals surface area contributed by atoms with Gasteiger partial charge in [0.1, 0.15) is 12.6 Å². The number of rotatable bonds is 37. The molecule has 59 heavy (non-hydrogen) atoms. The zero-order valence-electron chi connectivity index (χ0n) is 37.4. The van der Waals surface area contributed by atoms with Gasteiger partial charge in [0.25, 0.3) is 0 Å². The summed E-state index contributed by atoms with van der Waals surface area (Å²) >= 11 is 0. The maximum absolute atomic E-state index is 12.7. The van der Waals surface area contributed by atoms with Crippen molar-refractivity contribution in [2.24, 2.45) is 0 Å². The van der Waals surface area contributed by atoms with E-state index >= 15 is 0 Å². The number of allylic oxidation sites excluding steroid dienone is 20. The number of carboxylic acids is 1. The molecule has 0 aliphatic rings. The number of likely N-dealkylation sites (N-methyl/N-ethyl adjacent to an activating group) is 1. The summed E-state index contributed by atoms with van der Waals surface area (Å²) in [5.74, 6) is -1.86. The molecule has 2 atom stereocenters. The lowest BCUT2D eigenvalue weighted by Crippen LogP contribution is -2.55. The number of hydrogen-bond donors (Lipinski definition) is 0. The molecule has 8 nitrogen and oxygen atoms in total. The zero-order chi connectivity index (χ0) is 43.5. The second-order valence-corrected chi connectivity index (χ2v) is 15.3. The van der Waals surface area contributed by atoms with Gasteiger partial charge in [0.15, 0.2) is 6.10 Å². The van der Waals surface area contributed by atoms with E-state index in [1.54, 1.807) is 21.1 Å². The first kappa shape index (κ1) is 54.7. The Hall–Kier alpha value is -4.27. The molecule has 0 rings (SSSR count). The smallest absolute Gasteiger partial charge is 0.306 e. The second-order valence-electron chi connectivity index (χ2n) is 15.3. The van der Waals surface area contributed by atoms with E-state index in [9.17, 15) is 19.5 Å². The van der Waals surface area contributed by atoms with Gasteiger partial charge < -0.3 is 28.6 Å². The van der Waals surface area contributed by atoms with E-state index < -0.39 is 18.1 Å². The maximum Gasteiger partial charge on any atom is 0.306 e. The molecule has 0 aromatic carbocycles. The first-order valence-electron chi connectivity index (χ1n) is 22.1. The Morgan fingerprint density at radius 1 is 0.525 bits per heavy atom. The average molecular weight is 818 g/mol. The van der Waals surface area contributed by atoms with Crippen LogP contribution in [0, 0.1) is 0 Å². The zero-order valence-corrected chi connectivity index (χ0v) is 37.4. The van der Waals surface area contributed by atoms with E-state index in [0.29, 0.717) is 12.8 Å². The minimum absolute atomic E-state index is 0.000319. The third-order valence-electron chi connectivity index (χ3n) is 8.94. The third kappa shape index (κ3) is 39.0. The van der Waals surface area contributed by atoms with Gasteiger partial charge in [-0.2, -0.15) is 0 Å². The van der Waals surface area contributed by atoms with Crippen LogP contribution < -0.4 is 5.11 Å². The Balaban J connectivity index is 4.52. The van der Waals surface area contributed by atoms with Gasteiger partial charge in [0, 0.05) is 19.3 Å². The summed E-state index contributed by atoms with van der Waals surface area (Å²) in [6.45, 7) is 4.29. The SMILES string of the molecule is CC/C=C/C=C/C=C/C=C/CCCCCCCC(=O)OCC(COCCC(C(=O)[O-])[N+](C)(C)C)OC(=O)CCC/C=C/C/C=C/C/C=C/C/C=C/C/C=C/C/C=C/CC. The molecule has 8 heteroatoms. The summed E-state index contributed by atoms with van der Waals surface area (Å²) < 4.78 is 17.1. The standard InChI is InChI=1S/C51H79NO7/c1-6-8-10-12-14-16-18-20-22-23-24-25-26-28-30-32-34-36-38-40-42-50(54)59-47(45-57-44-43-48(51(55)56)52(3,4)5)46-58-49(53)41-39-37-35-33-31-29-27-21-19-17-15-13-11-9-7-2/h8-11,13-17,19-22,24-25,27-28,30,34,36,47-48H,6-7,12,18,23,26,29,31-33,35,37-46H2,1-5H3/b10-8+,11-9+,15-13+,16-14+,19-17+,22-20+,25-24+,27-21+,30-28+,36-34+. The van der Waals surface area contributed by atoms with E-state index in [-0.39, 0.29) is 49.1 Å². The average Bonchev–Trinajstić information content (AvgIpc) is 3.19. The fraction of sp³-hybridized carbons (Fsp3) is 0.549. The van der Waals surface area contributed by atoms with Crippen LogP contribution in [0.2, 0.25) is 0 Å². The van der Waals surface area contributed by atoms with E-state index in [1.807, 2.05) is 30.4 Å². The van der Waals surface area contributed by atoms with E-state index in [4.69, 9.17) is 14.2 Å². The van der Waals surface area contributed by atoms with Crippen LogP contribution in [0.1, 0.15) is 129 Å². The Bertz CT molecular complexity index is 1370. The summed E-state index contributed by atoms with van der Waals surface area (Å²) in [6.07, 6.45) is 56.6. The molecule has 0 aromatic rings. The summed E-state index contributed by atoms with van der Waals surface area (Å²) in [4.78, 5) is 36.9. The highest BCUT2D eigenvalue weighted by atomic mass is 16.6. The molecule has 0 heterocycles. The first-order valence-corrected chi connectivity index (χ1v) is 22.1. The summed E-state index contributed by atoms with van der Waals surface area (Å²) in [6, 6.07) is -0.748. The molecule has 0 fully saturated rings. The van der Waals surface area contributed by atoms with Gasteiger partial charge in [-0.25, -0.2) is 0 Å². The minimum Gasteiger partial charge on any atom is -0.544 e. The normalized spacial score (nSPS) is 14.1. The Kier molecular flexibility index (Phi) is 37.6. The summed E-state index contributed by atoms with van der Waals surface area (Å²) in [5.41, 5.74) is 0. The molecule has 0 bridgehead atoms. The Morgan fingerprint density at radius 2 is 1.00 bits per heavy atom. The lowest BCUT2D eigenvalue weighted by molar-refractivity contribution is -0.889. The minimum atomic E-state index is -1.14. The molecule has 0 radical (unpaired) electrons. The van der Waals surface area contributed by atoms with E-state index in [0.717, 1.165) is 89.9 Å². The van der Waals surface area contributed by atoms with Crippen LogP contribution in [0.3, 0.4) is 0 Å². The molecule has 0 amide bonds. The number of aliphatic carboxylic acids is 1. The predicted octanol–water partition coefficient (Wildman–Crippen LogP) is 10.9. The Morgan fingerprint density at radius 3 is 1.56 bits per heavy atom. The third-order valence-corrected chi connectivity index (χ3v) is 8.94. The van der Waals surface area contributed by atoms with Gasteiger partial charge >= 0.3 is 11.9 Å². The molecule has 0 saturated heterocycles. The molecule has 0 saturated carbocycles. The van der Waals surface area contributed by atoms with Crippen molar-refractivity contribution < 1.29 is 38.2 Å². The van der Waals surface area contributed by atoms with Crippen molar-refractivity contribution in [3.05, 3.63) is 122 Å². The van der Waals surface area contributed by atoms with Crippen LogP contribution in [-0.2, 0) is 28.6 Å². The number of carbonyl (C=O) groups is 3. The highest BCUT2D eigenvalue weighted by molar-refractivity contribution is 5.70. The van der Waals surface area contributed by atoms with Gasteiger partial charge in [-0.15, -0.1) is 0 Å². The van der Waals surface area contributed by atoms with Gasteiger partial charge in [-0.3, -0.25) is 9.59 Å². The number of ether oxygens (including phenoxy) is 3. The lowest BCUT2D eigenvalue weighted by atomic mass is 10.1. The lowest BCUT2D eigenvalue weighted by Gasteiger charge is -2.34. The van der Waals surface area contributed by atoms with Crippen LogP contribution in [0.4, 0.5) is 0 Å². The number of carboxylic acid groups (broad SMARTS) is 1. The van der Waals surface area contributed by atoms with Crippen LogP contribution >= 0.6 is 0 Å². The van der Waals surface area contributed by atoms with Crippen molar-refractivity contribution >= 4 is 17.9 Å². The summed E-state index contributed by atoms with van der Waals surface area (Å²) in [5, 5.41) is 11.6. The van der Waals surface area contributed by atoms with Gasteiger partial charge in [-0.1, -0.05) is 155 Å². The number of esters is 2.